The van der Waals surface area contributed by atoms with E-state index in [4.69, 9.17) is 23.4 Å². The normalized spacial score (nSPS) is 10.6. The Morgan fingerprint density at radius 3 is 2.26 bits per heavy atom. The van der Waals surface area contributed by atoms with E-state index in [9.17, 15) is 9.59 Å². The lowest BCUT2D eigenvalue weighted by molar-refractivity contribution is 0.102. The van der Waals surface area contributed by atoms with Gasteiger partial charge in [-0.1, -0.05) is 12.1 Å². The van der Waals surface area contributed by atoms with Crippen LogP contribution in [0, 0.1) is 0 Å². The van der Waals surface area contributed by atoms with E-state index in [0.717, 1.165) is 0 Å². The lowest BCUT2D eigenvalue weighted by Crippen LogP contribution is -2.13. The van der Waals surface area contributed by atoms with E-state index >= 15 is 0 Å². The molecule has 180 valence electrons. The van der Waals surface area contributed by atoms with Gasteiger partial charge in [0.15, 0.2) is 16.9 Å². The van der Waals surface area contributed by atoms with E-state index in [1.807, 2.05) is 31.2 Å². The van der Waals surface area contributed by atoms with Crippen molar-refractivity contribution >= 4 is 22.6 Å². The molecule has 0 aliphatic carbocycles. The lowest BCUT2D eigenvalue weighted by atomic mass is 10.1. The SMILES string of the molecule is CCOc1ccccc1-c1cc(=O)c2ccc(NC(=O)c3cc(OC)c(OC)c(OC)c3)cc2o1. The Morgan fingerprint density at radius 2 is 1.60 bits per heavy atom. The molecule has 1 heterocycles. The number of para-hydroxylation sites is 1. The number of ether oxygens (including phenoxy) is 4. The Morgan fingerprint density at radius 1 is 0.886 bits per heavy atom. The minimum absolute atomic E-state index is 0.199. The maximum atomic E-state index is 13.0. The number of methoxy groups -OCH3 is 3. The number of benzene rings is 3. The highest BCUT2D eigenvalue weighted by molar-refractivity contribution is 6.05. The predicted molar refractivity (Wildman–Crippen MR) is 133 cm³/mol. The Labute approximate surface area is 202 Å². The summed E-state index contributed by atoms with van der Waals surface area (Å²) in [5.74, 6) is 1.70. The van der Waals surface area contributed by atoms with Gasteiger partial charge in [-0.05, 0) is 43.3 Å². The third kappa shape index (κ3) is 4.77. The average molecular weight is 475 g/mol. The first-order chi connectivity index (χ1) is 17.0. The highest BCUT2D eigenvalue weighted by Crippen LogP contribution is 2.38. The summed E-state index contributed by atoms with van der Waals surface area (Å²) in [6, 6.07) is 16.8. The van der Waals surface area contributed by atoms with Crippen LogP contribution >= 0.6 is 0 Å². The van der Waals surface area contributed by atoms with Gasteiger partial charge in [0, 0.05) is 23.4 Å². The molecule has 0 unspecified atom stereocenters. The first-order valence-corrected chi connectivity index (χ1v) is 10.9. The highest BCUT2D eigenvalue weighted by Gasteiger charge is 2.18. The van der Waals surface area contributed by atoms with Gasteiger partial charge in [0.05, 0.1) is 38.9 Å². The molecule has 1 N–H and O–H groups in total. The highest BCUT2D eigenvalue weighted by atomic mass is 16.5. The second kappa shape index (κ2) is 10.2. The summed E-state index contributed by atoms with van der Waals surface area (Å²) >= 11 is 0. The fourth-order valence-corrected chi connectivity index (χ4v) is 3.73. The first kappa shape index (κ1) is 23.7. The number of amides is 1. The van der Waals surface area contributed by atoms with Crippen molar-refractivity contribution in [1.82, 2.24) is 0 Å². The van der Waals surface area contributed by atoms with Gasteiger partial charge in [0.25, 0.3) is 5.91 Å². The zero-order valence-corrected chi connectivity index (χ0v) is 19.8. The van der Waals surface area contributed by atoms with Crippen LogP contribution in [0.15, 0.2) is 69.9 Å². The van der Waals surface area contributed by atoms with Crippen molar-refractivity contribution in [2.45, 2.75) is 6.92 Å². The zero-order valence-electron chi connectivity index (χ0n) is 19.8. The minimum atomic E-state index is -0.399. The number of fused-ring (bicyclic) bond motifs is 1. The molecule has 1 aromatic heterocycles. The van der Waals surface area contributed by atoms with E-state index in [0.29, 0.717) is 63.1 Å². The molecule has 0 saturated heterocycles. The zero-order chi connectivity index (χ0) is 24.9. The van der Waals surface area contributed by atoms with Gasteiger partial charge < -0.3 is 28.7 Å². The number of hydrogen-bond acceptors (Lipinski definition) is 7. The average Bonchev–Trinajstić information content (AvgIpc) is 2.88. The Hall–Kier alpha value is -4.46. The van der Waals surface area contributed by atoms with Gasteiger partial charge in [-0.15, -0.1) is 0 Å². The fourth-order valence-electron chi connectivity index (χ4n) is 3.73. The van der Waals surface area contributed by atoms with E-state index in [2.05, 4.69) is 5.32 Å². The molecular weight excluding hydrogens is 450 g/mol. The summed E-state index contributed by atoms with van der Waals surface area (Å²) in [5, 5.41) is 3.22. The molecule has 8 nitrogen and oxygen atoms in total. The molecule has 1 amide bonds. The minimum Gasteiger partial charge on any atom is -0.493 e. The third-order valence-electron chi connectivity index (χ3n) is 5.37. The summed E-state index contributed by atoms with van der Waals surface area (Å²) in [6.07, 6.45) is 0. The number of anilines is 1. The van der Waals surface area contributed by atoms with Crippen LogP contribution in [-0.2, 0) is 0 Å². The second-order valence-electron chi connectivity index (χ2n) is 7.48. The van der Waals surface area contributed by atoms with Gasteiger partial charge in [-0.2, -0.15) is 0 Å². The maximum absolute atomic E-state index is 13.0. The molecule has 35 heavy (non-hydrogen) atoms. The molecule has 3 aromatic carbocycles. The number of rotatable bonds is 8. The van der Waals surface area contributed by atoms with Gasteiger partial charge >= 0.3 is 0 Å². The molecule has 0 fully saturated rings. The lowest BCUT2D eigenvalue weighted by Gasteiger charge is -2.14. The van der Waals surface area contributed by atoms with Crippen molar-refractivity contribution in [3.05, 3.63) is 76.5 Å². The fraction of sp³-hybridized carbons (Fsp3) is 0.185. The molecule has 8 heteroatoms. The van der Waals surface area contributed by atoms with Gasteiger partial charge in [-0.3, -0.25) is 9.59 Å². The monoisotopic (exact) mass is 475 g/mol. The third-order valence-corrected chi connectivity index (χ3v) is 5.37. The van der Waals surface area contributed by atoms with E-state index in [1.54, 1.807) is 30.3 Å². The number of carbonyl (C=O) groups excluding carboxylic acids is 1. The second-order valence-corrected chi connectivity index (χ2v) is 7.48. The quantitative estimate of drug-likeness (QED) is 0.377. The van der Waals surface area contributed by atoms with E-state index < -0.39 is 5.91 Å². The van der Waals surface area contributed by atoms with Crippen LogP contribution in [0.5, 0.6) is 23.0 Å². The predicted octanol–water partition coefficient (Wildman–Crippen LogP) is 5.14. The van der Waals surface area contributed by atoms with Crippen molar-refractivity contribution in [1.29, 1.82) is 0 Å². The molecule has 0 spiro atoms. The summed E-state index contributed by atoms with van der Waals surface area (Å²) in [6.45, 7) is 2.36. The molecule has 0 aliphatic heterocycles. The topological polar surface area (TPSA) is 96.2 Å². The summed E-state index contributed by atoms with van der Waals surface area (Å²) in [7, 11) is 4.45. The van der Waals surface area contributed by atoms with Crippen molar-refractivity contribution < 1.29 is 28.2 Å². The molecule has 0 aliphatic rings. The van der Waals surface area contributed by atoms with Crippen LogP contribution < -0.4 is 29.7 Å². The molecular formula is C27H25NO7. The number of hydrogen-bond donors (Lipinski definition) is 1. The smallest absolute Gasteiger partial charge is 0.255 e. The Balaban J connectivity index is 1.70. The first-order valence-electron chi connectivity index (χ1n) is 10.9. The van der Waals surface area contributed by atoms with E-state index in [1.165, 1.54) is 27.4 Å². The molecule has 4 aromatic rings. The van der Waals surface area contributed by atoms with Crippen LogP contribution in [0.1, 0.15) is 17.3 Å². The maximum Gasteiger partial charge on any atom is 0.255 e. The Bertz CT molecular complexity index is 1420. The summed E-state index contributed by atoms with van der Waals surface area (Å²) < 4.78 is 27.7. The van der Waals surface area contributed by atoms with Crippen molar-refractivity contribution in [3.63, 3.8) is 0 Å². The molecule has 0 atom stereocenters. The molecule has 0 saturated carbocycles. The van der Waals surface area contributed by atoms with Crippen LogP contribution in [-0.4, -0.2) is 33.8 Å². The van der Waals surface area contributed by atoms with Gasteiger partial charge in [0.1, 0.15) is 17.1 Å². The van der Waals surface area contributed by atoms with Crippen LogP contribution in [0.3, 0.4) is 0 Å². The molecule has 0 bridgehead atoms. The molecule has 4 rings (SSSR count). The van der Waals surface area contributed by atoms with Gasteiger partial charge in [0.2, 0.25) is 5.75 Å². The van der Waals surface area contributed by atoms with Crippen molar-refractivity contribution in [2.75, 3.05) is 33.3 Å². The van der Waals surface area contributed by atoms with Crippen LogP contribution in [0.2, 0.25) is 0 Å². The molecule has 0 radical (unpaired) electrons. The van der Waals surface area contributed by atoms with Crippen molar-refractivity contribution in [3.8, 4) is 34.3 Å². The number of carbonyl (C=O) groups is 1. The number of nitrogens with one attached hydrogen (secondary N) is 1. The standard InChI is InChI=1S/C27H25NO7/c1-5-34-21-9-7-6-8-19(21)23-15-20(29)18-11-10-17(14-22(18)35-23)28-27(30)16-12-24(31-2)26(33-4)25(13-16)32-3/h6-15H,5H2,1-4H3,(H,28,30). The largest absolute Gasteiger partial charge is 0.493 e. The van der Waals surface area contributed by atoms with Crippen molar-refractivity contribution in [2.24, 2.45) is 0 Å². The Kier molecular flexibility index (Phi) is 6.91. The summed E-state index contributed by atoms with van der Waals surface area (Å²) in [5.41, 5.74) is 1.56. The van der Waals surface area contributed by atoms with Gasteiger partial charge in [-0.25, -0.2) is 0 Å². The van der Waals surface area contributed by atoms with E-state index in [-0.39, 0.29) is 5.43 Å². The van der Waals surface area contributed by atoms with Crippen LogP contribution in [0.25, 0.3) is 22.3 Å². The van der Waals surface area contributed by atoms with Crippen LogP contribution in [0.4, 0.5) is 5.69 Å². The summed E-state index contributed by atoms with van der Waals surface area (Å²) in [4.78, 5) is 25.8.